The van der Waals surface area contributed by atoms with Gasteiger partial charge in [-0.2, -0.15) is 0 Å². The summed E-state index contributed by atoms with van der Waals surface area (Å²) in [6, 6.07) is 4.23. The molecule has 4 nitrogen and oxygen atoms in total. The molecule has 1 aliphatic rings. The Bertz CT molecular complexity index is 525. The highest BCUT2D eigenvalue weighted by molar-refractivity contribution is 7.93. The molecule has 0 radical (unpaired) electrons. The molecule has 0 aromatic heterocycles. The Morgan fingerprint density at radius 1 is 1.33 bits per heavy atom. The summed E-state index contributed by atoms with van der Waals surface area (Å²) < 4.78 is 39.9. The molecule has 6 heteroatoms. The van der Waals surface area contributed by atoms with Crippen LogP contribution in [-0.2, 0) is 10.0 Å². The van der Waals surface area contributed by atoms with Crippen molar-refractivity contribution in [1.82, 2.24) is 5.32 Å². The first-order valence-corrected chi connectivity index (χ1v) is 7.52. The molecule has 2 rings (SSSR count). The van der Waals surface area contributed by atoms with Crippen LogP contribution in [0.15, 0.2) is 18.2 Å². The smallest absolute Gasteiger partial charge is 0.235 e. The maximum absolute atomic E-state index is 13.1. The van der Waals surface area contributed by atoms with Gasteiger partial charge in [0.2, 0.25) is 10.0 Å². The van der Waals surface area contributed by atoms with Gasteiger partial charge in [-0.3, -0.25) is 4.72 Å². The summed E-state index contributed by atoms with van der Waals surface area (Å²) in [7, 11) is -3.38. The fourth-order valence-electron chi connectivity index (χ4n) is 2.06. The van der Waals surface area contributed by atoms with E-state index in [0.717, 1.165) is 0 Å². The molecule has 1 aliphatic heterocycles. The summed E-state index contributed by atoms with van der Waals surface area (Å²) in [5, 5.41) is 2.75. The Labute approximate surface area is 107 Å². The predicted molar refractivity (Wildman–Crippen MR) is 69.6 cm³/mol. The normalized spacial score (nSPS) is 17.7. The largest absolute Gasteiger partial charge is 0.317 e. The first kappa shape index (κ1) is 13.3. The van der Waals surface area contributed by atoms with Crippen LogP contribution in [0.4, 0.5) is 10.1 Å². The molecular weight excluding hydrogens is 255 g/mol. The maximum atomic E-state index is 13.1. The summed E-state index contributed by atoms with van der Waals surface area (Å²) in [6.45, 7) is 3.04. The molecule has 0 saturated carbocycles. The van der Waals surface area contributed by atoms with Crippen molar-refractivity contribution in [2.75, 3.05) is 17.8 Å². The Kier molecular flexibility index (Phi) is 3.87. The molecule has 0 unspecified atom stereocenters. The van der Waals surface area contributed by atoms with Crippen LogP contribution in [0.2, 0.25) is 0 Å². The minimum absolute atomic E-state index is 0.334. The fourth-order valence-corrected chi connectivity index (χ4v) is 3.54. The molecule has 1 heterocycles. The number of halogens is 1. The zero-order valence-corrected chi connectivity index (χ0v) is 11.1. The molecular formula is C12H17FN2O2S. The van der Waals surface area contributed by atoms with E-state index < -0.39 is 10.0 Å². The molecule has 0 spiro atoms. The van der Waals surface area contributed by atoms with Gasteiger partial charge in [0, 0.05) is 5.69 Å². The average Bonchev–Trinajstić information content (AvgIpc) is 2.35. The van der Waals surface area contributed by atoms with Gasteiger partial charge in [-0.1, -0.05) is 0 Å². The van der Waals surface area contributed by atoms with Crippen molar-refractivity contribution in [2.45, 2.75) is 25.0 Å². The summed E-state index contributed by atoms with van der Waals surface area (Å²) in [4.78, 5) is 0. The van der Waals surface area contributed by atoms with Crippen LogP contribution in [-0.4, -0.2) is 26.8 Å². The summed E-state index contributed by atoms with van der Waals surface area (Å²) in [6.07, 6.45) is 1.21. The van der Waals surface area contributed by atoms with Crippen molar-refractivity contribution in [2.24, 2.45) is 0 Å². The number of rotatable bonds is 3. The molecule has 0 aliphatic carbocycles. The van der Waals surface area contributed by atoms with Crippen LogP contribution in [0.25, 0.3) is 0 Å². The van der Waals surface area contributed by atoms with Gasteiger partial charge >= 0.3 is 0 Å². The fraction of sp³-hybridized carbons (Fsp3) is 0.500. The van der Waals surface area contributed by atoms with Crippen molar-refractivity contribution in [3.05, 3.63) is 29.6 Å². The van der Waals surface area contributed by atoms with Gasteiger partial charge in [0.25, 0.3) is 0 Å². The van der Waals surface area contributed by atoms with Crippen molar-refractivity contribution >= 4 is 15.7 Å². The third kappa shape index (κ3) is 3.00. The van der Waals surface area contributed by atoms with Crippen LogP contribution >= 0.6 is 0 Å². The Morgan fingerprint density at radius 3 is 2.61 bits per heavy atom. The lowest BCUT2D eigenvalue weighted by molar-refractivity contribution is 0.499. The molecule has 18 heavy (non-hydrogen) atoms. The van der Waals surface area contributed by atoms with E-state index in [1.54, 1.807) is 6.92 Å². The number of hydrogen-bond donors (Lipinski definition) is 2. The quantitative estimate of drug-likeness (QED) is 0.879. The minimum atomic E-state index is -3.38. The zero-order valence-electron chi connectivity index (χ0n) is 10.2. The van der Waals surface area contributed by atoms with E-state index in [1.165, 1.54) is 18.2 Å². The monoisotopic (exact) mass is 272 g/mol. The molecule has 100 valence electrons. The molecule has 0 atom stereocenters. The summed E-state index contributed by atoms with van der Waals surface area (Å²) >= 11 is 0. The molecule has 1 fully saturated rings. The molecule has 1 saturated heterocycles. The second kappa shape index (κ2) is 5.24. The average molecular weight is 272 g/mol. The lowest BCUT2D eigenvalue weighted by Crippen LogP contribution is -2.38. The van der Waals surface area contributed by atoms with Crippen LogP contribution in [0, 0.1) is 12.7 Å². The van der Waals surface area contributed by atoms with Gasteiger partial charge < -0.3 is 5.32 Å². The van der Waals surface area contributed by atoms with Crippen LogP contribution in [0.3, 0.4) is 0 Å². The number of anilines is 1. The van der Waals surface area contributed by atoms with E-state index in [-0.39, 0.29) is 11.1 Å². The number of aryl methyl sites for hydroxylation is 1. The zero-order chi connectivity index (χ0) is 13.2. The van der Waals surface area contributed by atoms with E-state index in [1.807, 2.05) is 0 Å². The van der Waals surface area contributed by atoms with E-state index in [2.05, 4.69) is 10.0 Å². The number of sulfonamides is 1. The Hall–Kier alpha value is -1.14. The van der Waals surface area contributed by atoms with E-state index in [0.29, 0.717) is 37.2 Å². The van der Waals surface area contributed by atoms with Crippen molar-refractivity contribution in [3.63, 3.8) is 0 Å². The first-order valence-electron chi connectivity index (χ1n) is 5.97. The van der Waals surface area contributed by atoms with Gasteiger partial charge in [0.15, 0.2) is 0 Å². The van der Waals surface area contributed by atoms with Crippen molar-refractivity contribution in [1.29, 1.82) is 0 Å². The number of hydrogen-bond acceptors (Lipinski definition) is 3. The Morgan fingerprint density at radius 2 is 2.00 bits per heavy atom. The standard InChI is InChI=1S/C12H17FN2O2S/c1-9-8-10(2-3-12(9)13)15-18(16,17)11-4-6-14-7-5-11/h2-3,8,11,14-15H,4-7H2,1H3. The van der Waals surface area contributed by atoms with Crippen LogP contribution in [0.1, 0.15) is 18.4 Å². The van der Waals surface area contributed by atoms with Gasteiger partial charge in [-0.25, -0.2) is 12.8 Å². The predicted octanol–water partition coefficient (Wildman–Crippen LogP) is 1.63. The molecule has 1 aromatic carbocycles. The highest BCUT2D eigenvalue weighted by atomic mass is 32.2. The van der Waals surface area contributed by atoms with E-state index >= 15 is 0 Å². The van der Waals surface area contributed by atoms with Gasteiger partial charge in [-0.15, -0.1) is 0 Å². The molecule has 1 aromatic rings. The van der Waals surface area contributed by atoms with Crippen LogP contribution in [0.5, 0.6) is 0 Å². The highest BCUT2D eigenvalue weighted by Crippen LogP contribution is 2.19. The minimum Gasteiger partial charge on any atom is -0.317 e. The SMILES string of the molecule is Cc1cc(NS(=O)(=O)C2CCNCC2)ccc1F. The van der Waals surface area contributed by atoms with E-state index in [9.17, 15) is 12.8 Å². The second-order valence-corrected chi connectivity index (χ2v) is 6.52. The highest BCUT2D eigenvalue weighted by Gasteiger charge is 2.27. The maximum Gasteiger partial charge on any atom is 0.235 e. The molecule has 0 bridgehead atoms. The molecule has 2 N–H and O–H groups in total. The second-order valence-electron chi connectivity index (χ2n) is 4.56. The molecule has 0 amide bonds. The topological polar surface area (TPSA) is 58.2 Å². The van der Waals surface area contributed by atoms with Crippen molar-refractivity contribution < 1.29 is 12.8 Å². The third-order valence-corrected chi connectivity index (χ3v) is 5.01. The number of nitrogens with one attached hydrogen (secondary N) is 2. The van der Waals surface area contributed by atoms with Crippen LogP contribution < -0.4 is 10.0 Å². The number of benzene rings is 1. The van der Waals surface area contributed by atoms with Gasteiger partial charge in [0.05, 0.1) is 5.25 Å². The lowest BCUT2D eigenvalue weighted by atomic mass is 10.2. The summed E-state index contributed by atoms with van der Waals surface area (Å²) in [5.41, 5.74) is 0.855. The number of piperidine rings is 1. The van der Waals surface area contributed by atoms with Gasteiger partial charge in [0.1, 0.15) is 5.82 Å². The first-order chi connectivity index (χ1) is 8.49. The van der Waals surface area contributed by atoms with Gasteiger partial charge in [-0.05, 0) is 56.6 Å². The van der Waals surface area contributed by atoms with E-state index in [4.69, 9.17) is 0 Å². The third-order valence-electron chi connectivity index (χ3n) is 3.14. The van der Waals surface area contributed by atoms with Crippen molar-refractivity contribution in [3.8, 4) is 0 Å². The lowest BCUT2D eigenvalue weighted by Gasteiger charge is -2.23. The Balaban J connectivity index is 2.13. The summed E-state index contributed by atoms with van der Waals surface area (Å²) in [5.74, 6) is -0.334.